The number of nitrogens with one attached hydrogen (secondary N) is 2. The first kappa shape index (κ1) is 12.4. The van der Waals surface area contributed by atoms with Gasteiger partial charge in [-0.2, -0.15) is 0 Å². The van der Waals surface area contributed by atoms with Crippen molar-refractivity contribution < 1.29 is 0 Å². The summed E-state index contributed by atoms with van der Waals surface area (Å²) in [5, 5.41) is 3.32. The van der Waals surface area contributed by atoms with E-state index in [4.69, 9.17) is 4.98 Å². The molecule has 0 spiro atoms. The highest BCUT2D eigenvalue weighted by Crippen LogP contribution is 2.31. The van der Waals surface area contributed by atoms with E-state index in [1.165, 1.54) is 23.4 Å². The molecule has 3 heteroatoms. The Morgan fingerprint density at radius 2 is 2.16 bits per heavy atom. The molecule has 0 aliphatic heterocycles. The van der Waals surface area contributed by atoms with Gasteiger partial charge < -0.3 is 10.3 Å². The van der Waals surface area contributed by atoms with Gasteiger partial charge in [0.25, 0.3) is 0 Å². The van der Waals surface area contributed by atoms with Crippen LogP contribution in [-0.2, 0) is 19.4 Å². The highest BCUT2D eigenvalue weighted by atomic mass is 15.0. The zero-order valence-corrected chi connectivity index (χ0v) is 11.4. The van der Waals surface area contributed by atoms with Crippen molar-refractivity contribution in [2.75, 3.05) is 6.54 Å². The molecule has 0 fully saturated rings. The smallest absolute Gasteiger partial charge is 0.120 e. The summed E-state index contributed by atoms with van der Waals surface area (Å²) in [6.45, 7) is 3.95. The van der Waals surface area contributed by atoms with Gasteiger partial charge >= 0.3 is 0 Å². The van der Waals surface area contributed by atoms with Gasteiger partial charge in [-0.25, -0.2) is 4.98 Å². The molecule has 1 heterocycles. The molecule has 0 saturated carbocycles. The van der Waals surface area contributed by atoms with Gasteiger partial charge in [0, 0.05) is 5.69 Å². The van der Waals surface area contributed by atoms with Gasteiger partial charge in [-0.15, -0.1) is 0 Å². The second-order valence-corrected chi connectivity index (χ2v) is 5.24. The predicted octanol–water partition coefficient (Wildman–Crippen LogP) is 2.79. The number of benzene rings is 1. The lowest BCUT2D eigenvalue weighted by Gasteiger charge is -2.21. The standard InChI is InChI=1S/C16H21N3/c1-2-17-11-16-18-14-9-8-13(10-15(14)19-16)12-6-4-3-5-7-12/h3-7,13,17H,2,8-11H2,1H3,(H,18,19). The molecule has 0 bridgehead atoms. The number of aryl methyl sites for hydroxylation is 1. The number of hydrogen-bond donors (Lipinski definition) is 2. The van der Waals surface area contributed by atoms with Crippen LogP contribution < -0.4 is 5.32 Å². The van der Waals surface area contributed by atoms with Gasteiger partial charge in [-0.05, 0) is 37.3 Å². The summed E-state index contributed by atoms with van der Waals surface area (Å²) >= 11 is 0. The lowest BCUT2D eigenvalue weighted by molar-refractivity contribution is 0.572. The average Bonchev–Trinajstić information content (AvgIpc) is 2.87. The van der Waals surface area contributed by atoms with Crippen LogP contribution >= 0.6 is 0 Å². The third-order valence-corrected chi connectivity index (χ3v) is 3.91. The molecule has 0 saturated heterocycles. The molecular formula is C16H21N3. The minimum Gasteiger partial charge on any atom is -0.345 e. The van der Waals surface area contributed by atoms with Gasteiger partial charge in [-0.3, -0.25) is 0 Å². The number of nitrogens with zero attached hydrogens (tertiary/aromatic N) is 1. The van der Waals surface area contributed by atoms with Crippen LogP contribution in [0.3, 0.4) is 0 Å². The molecule has 1 aromatic heterocycles. The molecule has 1 atom stereocenters. The van der Waals surface area contributed by atoms with Crippen molar-refractivity contribution in [3.63, 3.8) is 0 Å². The Morgan fingerprint density at radius 3 is 2.95 bits per heavy atom. The third kappa shape index (κ3) is 2.71. The zero-order valence-electron chi connectivity index (χ0n) is 11.4. The van der Waals surface area contributed by atoms with Crippen LogP contribution in [0.15, 0.2) is 30.3 Å². The average molecular weight is 255 g/mol. The van der Waals surface area contributed by atoms with Crippen LogP contribution in [-0.4, -0.2) is 16.5 Å². The molecule has 19 heavy (non-hydrogen) atoms. The van der Waals surface area contributed by atoms with Crippen LogP contribution in [0.2, 0.25) is 0 Å². The predicted molar refractivity (Wildman–Crippen MR) is 77.2 cm³/mol. The quantitative estimate of drug-likeness (QED) is 0.882. The van der Waals surface area contributed by atoms with Crippen molar-refractivity contribution >= 4 is 0 Å². The Kier molecular flexibility index (Phi) is 3.65. The van der Waals surface area contributed by atoms with E-state index in [1.54, 1.807) is 0 Å². The van der Waals surface area contributed by atoms with E-state index < -0.39 is 0 Å². The van der Waals surface area contributed by atoms with Crippen LogP contribution in [0.25, 0.3) is 0 Å². The first-order chi connectivity index (χ1) is 9.36. The van der Waals surface area contributed by atoms with Crippen LogP contribution in [0.5, 0.6) is 0 Å². The minimum absolute atomic E-state index is 0.640. The summed E-state index contributed by atoms with van der Waals surface area (Å²) in [4.78, 5) is 8.19. The molecule has 0 radical (unpaired) electrons. The third-order valence-electron chi connectivity index (χ3n) is 3.91. The number of hydrogen-bond acceptors (Lipinski definition) is 2. The van der Waals surface area contributed by atoms with Gasteiger partial charge in [0.15, 0.2) is 0 Å². The number of fused-ring (bicyclic) bond motifs is 1. The molecule has 1 aromatic carbocycles. The number of aromatic amines is 1. The Hall–Kier alpha value is -1.61. The SMILES string of the molecule is CCNCc1nc2c([nH]1)CC(c1ccccc1)CC2. The number of imidazole rings is 1. The highest BCUT2D eigenvalue weighted by Gasteiger charge is 2.22. The van der Waals surface area contributed by atoms with E-state index in [-0.39, 0.29) is 0 Å². The molecule has 1 aliphatic carbocycles. The summed E-state index contributed by atoms with van der Waals surface area (Å²) in [7, 11) is 0. The van der Waals surface area contributed by atoms with Gasteiger partial charge in [0.1, 0.15) is 5.82 Å². The molecule has 3 nitrogen and oxygen atoms in total. The van der Waals surface area contributed by atoms with E-state index in [0.29, 0.717) is 5.92 Å². The number of rotatable bonds is 4. The molecule has 3 rings (SSSR count). The largest absolute Gasteiger partial charge is 0.345 e. The number of aromatic nitrogens is 2. The first-order valence-electron chi connectivity index (χ1n) is 7.19. The summed E-state index contributed by atoms with van der Waals surface area (Å²) in [5.41, 5.74) is 4.07. The Balaban J connectivity index is 1.75. The van der Waals surface area contributed by atoms with E-state index >= 15 is 0 Å². The summed E-state index contributed by atoms with van der Waals surface area (Å²) in [5.74, 6) is 1.72. The van der Waals surface area contributed by atoms with Crippen molar-refractivity contribution in [2.24, 2.45) is 0 Å². The van der Waals surface area contributed by atoms with Crippen LogP contribution in [0, 0.1) is 0 Å². The fourth-order valence-electron chi connectivity index (χ4n) is 2.88. The van der Waals surface area contributed by atoms with Crippen molar-refractivity contribution in [2.45, 2.75) is 38.6 Å². The van der Waals surface area contributed by atoms with E-state index in [9.17, 15) is 0 Å². The molecule has 2 N–H and O–H groups in total. The maximum Gasteiger partial charge on any atom is 0.120 e. The summed E-state index contributed by atoms with van der Waals surface area (Å²) in [6, 6.07) is 10.8. The molecule has 2 aromatic rings. The maximum atomic E-state index is 4.70. The summed E-state index contributed by atoms with van der Waals surface area (Å²) < 4.78 is 0. The topological polar surface area (TPSA) is 40.7 Å². The van der Waals surface area contributed by atoms with Crippen molar-refractivity contribution in [1.29, 1.82) is 0 Å². The first-order valence-corrected chi connectivity index (χ1v) is 7.19. The van der Waals surface area contributed by atoms with E-state index in [1.807, 2.05) is 0 Å². The van der Waals surface area contributed by atoms with E-state index in [0.717, 1.165) is 31.8 Å². The monoisotopic (exact) mass is 255 g/mol. The maximum absolute atomic E-state index is 4.70. The van der Waals surface area contributed by atoms with Crippen molar-refractivity contribution in [3.05, 3.63) is 53.1 Å². The zero-order chi connectivity index (χ0) is 13.1. The second-order valence-electron chi connectivity index (χ2n) is 5.24. The van der Waals surface area contributed by atoms with Gasteiger partial charge in [0.2, 0.25) is 0 Å². The fraction of sp³-hybridized carbons (Fsp3) is 0.438. The highest BCUT2D eigenvalue weighted by molar-refractivity contribution is 5.27. The molecule has 0 amide bonds. The Morgan fingerprint density at radius 1 is 1.32 bits per heavy atom. The molecule has 100 valence electrons. The molecular weight excluding hydrogens is 234 g/mol. The van der Waals surface area contributed by atoms with Gasteiger partial charge in [-0.1, -0.05) is 37.3 Å². The Labute approximate surface area is 114 Å². The fourth-order valence-corrected chi connectivity index (χ4v) is 2.88. The van der Waals surface area contributed by atoms with Crippen LogP contribution in [0.1, 0.15) is 42.0 Å². The van der Waals surface area contributed by atoms with Gasteiger partial charge in [0.05, 0.1) is 12.2 Å². The lowest BCUT2D eigenvalue weighted by Crippen LogP contribution is -2.13. The summed E-state index contributed by atoms with van der Waals surface area (Å²) in [6.07, 6.45) is 3.40. The van der Waals surface area contributed by atoms with Crippen LogP contribution in [0.4, 0.5) is 0 Å². The minimum atomic E-state index is 0.640. The Bertz CT molecular complexity index is 530. The molecule has 1 unspecified atom stereocenters. The molecule has 1 aliphatic rings. The second kappa shape index (κ2) is 5.57. The number of H-pyrrole nitrogens is 1. The normalized spacial score (nSPS) is 18.3. The van der Waals surface area contributed by atoms with Crippen molar-refractivity contribution in [1.82, 2.24) is 15.3 Å². The van der Waals surface area contributed by atoms with E-state index in [2.05, 4.69) is 47.6 Å². The lowest BCUT2D eigenvalue weighted by atomic mass is 9.85. The van der Waals surface area contributed by atoms with Crippen molar-refractivity contribution in [3.8, 4) is 0 Å².